The van der Waals surface area contributed by atoms with Crippen molar-refractivity contribution in [1.82, 2.24) is 9.88 Å². The number of rotatable bonds is 6. The molecule has 0 aliphatic carbocycles. The predicted molar refractivity (Wildman–Crippen MR) is 74.6 cm³/mol. The fourth-order valence-electron chi connectivity index (χ4n) is 1.77. The molecule has 2 aromatic rings. The summed E-state index contributed by atoms with van der Waals surface area (Å²) in [6.07, 6.45) is 5.52. The van der Waals surface area contributed by atoms with E-state index >= 15 is 0 Å². The minimum absolute atomic E-state index is 0.857. The summed E-state index contributed by atoms with van der Waals surface area (Å²) in [6.45, 7) is 5.08. The van der Waals surface area contributed by atoms with E-state index < -0.39 is 0 Å². The summed E-state index contributed by atoms with van der Waals surface area (Å²) in [6, 6.07) is 6.19. The molecule has 0 aliphatic heterocycles. The average Bonchev–Trinajstić information content (AvgIpc) is 2.89. The molecule has 17 heavy (non-hydrogen) atoms. The van der Waals surface area contributed by atoms with Crippen LogP contribution in [0.25, 0.3) is 0 Å². The molecule has 0 unspecified atom stereocenters. The highest BCUT2D eigenvalue weighted by molar-refractivity contribution is 7.16. The Morgan fingerprint density at radius 1 is 1.29 bits per heavy atom. The molecule has 2 rings (SSSR count). The fraction of sp³-hybridized carbons (Fsp3) is 0.385. The van der Waals surface area contributed by atoms with Crippen LogP contribution in [0.4, 0.5) is 0 Å². The van der Waals surface area contributed by atoms with Crippen molar-refractivity contribution >= 4 is 22.9 Å². The van der Waals surface area contributed by atoms with Gasteiger partial charge in [-0.15, -0.1) is 11.3 Å². The van der Waals surface area contributed by atoms with E-state index in [9.17, 15) is 0 Å². The minimum atomic E-state index is 0.857. The number of nitrogens with one attached hydrogen (secondary N) is 1. The maximum absolute atomic E-state index is 5.88. The van der Waals surface area contributed by atoms with E-state index in [2.05, 4.69) is 41.3 Å². The second-order valence-electron chi connectivity index (χ2n) is 4.07. The van der Waals surface area contributed by atoms with E-state index in [0.717, 1.165) is 24.0 Å². The average molecular weight is 269 g/mol. The third-order valence-corrected chi connectivity index (χ3v) is 3.78. The van der Waals surface area contributed by atoms with Crippen LogP contribution in [-0.4, -0.2) is 4.57 Å². The Labute approximate surface area is 111 Å². The molecule has 0 radical (unpaired) electrons. The maximum Gasteiger partial charge on any atom is 0.0931 e. The third kappa shape index (κ3) is 3.87. The molecule has 2 heterocycles. The van der Waals surface area contributed by atoms with Crippen LogP contribution in [0, 0.1) is 0 Å². The van der Waals surface area contributed by atoms with Gasteiger partial charge in [0.25, 0.3) is 0 Å². The highest BCUT2D eigenvalue weighted by Crippen LogP contribution is 2.21. The lowest BCUT2D eigenvalue weighted by Crippen LogP contribution is -2.11. The molecule has 0 saturated heterocycles. The van der Waals surface area contributed by atoms with E-state index in [1.807, 2.05) is 6.07 Å². The van der Waals surface area contributed by atoms with Crippen LogP contribution in [0.3, 0.4) is 0 Å². The Morgan fingerprint density at radius 3 is 2.88 bits per heavy atom. The van der Waals surface area contributed by atoms with Crippen molar-refractivity contribution in [2.45, 2.75) is 33.0 Å². The van der Waals surface area contributed by atoms with Crippen molar-refractivity contribution in [2.24, 2.45) is 0 Å². The van der Waals surface area contributed by atoms with Crippen molar-refractivity contribution in [1.29, 1.82) is 0 Å². The molecule has 4 heteroatoms. The van der Waals surface area contributed by atoms with Gasteiger partial charge in [-0.2, -0.15) is 0 Å². The van der Waals surface area contributed by atoms with Crippen molar-refractivity contribution in [3.05, 3.63) is 45.4 Å². The molecule has 0 aromatic carbocycles. The zero-order chi connectivity index (χ0) is 12.1. The lowest BCUT2D eigenvalue weighted by molar-refractivity contribution is 0.670. The van der Waals surface area contributed by atoms with Gasteiger partial charge in [0.1, 0.15) is 0 Å². The number of hydrogen-bond acceptors (Lipinski definition) is 2. The molecule has 0 aliphatic rings. The third-order valence-electron chi connectivity index (χ3n) is 2.55. The van der Waals surface area contributed by atoms with Crippen LogP contribution in [0.15, 0.2) is 30.6 Å². The van der Waals surface area contributed by atoms with Gasteiger partial charge in [0.05, 0.1) is 4.34 Å². The van der Waals surface area contributed by atoms with Crippen LogP contribution >= 0.6 is 22.9 Å². The Balaban J connectivity index is 1.77. The van der Waals surface area contributed by atoms with Gasteiger partial charge in [-0.3, -0.25) is 0 Å². The van der Waals surface area contributed by atoms with Gasteiger partial charge in [0.2, 0.25) is 0 Å². The molecule has 0 fully saturated rings. The van der Waals surface area contributed by atoms with Crippen LogP contribution in [0.2, 0.25) is 4.34 Å². The molecular weight excluding hydrogens is 252 g/mol. The lowest BCUT2D eigenvalue weighted by atomic mass is 10.3. The van der Waals surface area contributed by atoms with Crippen molar-refractivity contribution < 1.29 is 0 Å². The summed E-state index contributed by atoms with van der Waals surface area (Å²) in [5.74, 6) is 0. The molecule has 2 nitrogen and oxygen atoms in total. The first-order valence-corrected chi connectivity index (χ1v) is 7.07. The monoisotopic (exact) mass is 268 g/mol. The van der Waals surface area contributed by atoms with Gasteiger partial charge in [0.15, 0.2) is 0 Å². The number of hydrogen-bond donors (Lipinski definition) is 1. The first-order valence-electron chi connectivity index (χ1n) is 5.87. The fourth-order valence-corrected chi connectivity index (χ4v) is 2.83. The van der Waals surface area contributed by atoms with E-state index in [1.165, 1.54) is 16.9 Å². The molecule has 0 bridgehead atoms. The van der Waals surface area contributed by atoms with Crippen LogP contribution in [0.1, 0.15) is 23.8 Å². The SMILES string of the molecule is CCCn1ccc(CNCc2ccc(Cl)s2)c1. The zero-order valence-corrected chi connectivity index (χ0v) is 11.5. The Morgan fingerprint density at radius 2 is 2.18 bits per heavy atom. The molecular formula is C13H17ClN2S. The van der Waals surface area contributed by atoms with Crippen molar-refractivity contribution in [2.75, 3.05) is 0 Å². The minimum Gasteiger partial charge on any atom is -0.354 e. The Hall–Kier alpha value is -0.770. The second kappa shape index (κ2) is 6.24. The van der Waals surface area contributed by atoms with Gasteiger partial charge < -0.3 is 9.88 Å². The number of aromatic nitrogens is 1. The van der Waals surface area contributed by atoms with Crippen LogP contribution in [-0.2, 0) is 19.6 Å². The second-order valence-corrected chi connectivity index (χ2v) is 5.87. The Bertz CT molecular complexity index is 461. The molecule has 0 spiro atoms. The molecule has 0 saturated carbocycles. The first kappa shape index (κ1) is 12.7. The Kier molecular flexibility index (Phi) is 4.66. The topological polar surface area (TPSA) is 17.0 Å². The summed E-state index contributed by atoms with van der Waals surface area (Å²) in [5, 5.41) is 3.43. The maximum atomic E-state index is 5.88. The van der Waals surface area contributed by atoms with E-state index in [-0.39, 0.29) is 0 Å². The molecule has 92 valence electrons. The van der Waals surface area contributed by atoms with E-state index in [4.69, 9.17) is 11.6 Å². The van der Waals surface area contributed by atoms with Crippen LogP contribution < -0.4 is 5.32 Å². The summed E-state index contributed by atoms with van der Waals surface area (Å²) in [4.78, 5) is 1.28. The van der Waals surface area contributed by atoms with Gasteiger partial charge in [0, 0.05) is 36.9 Å². The quantitative estimate of drug-likeness (QED) is 0.841. The molecule has 0 atom stereocenters. The summed E-state index contributed by atoms with van der Waals surface area (Å²) in [5.41, 5.74) is 1.33. The van der Waals surface area contributed by atoms with Crippen LogP contribution in [0.5, 0.6) is 0 Å². The normalized spacial score (nSPS) is 10.9. The number of nitrogens with zero attached hydrogens (tertiary/aromatic N) is 1. The smallest absolute Gasteiger partial charge is 0.0931 e. The van der Waals surface area contributed by atoms with Gasteiger partial charge in [-0.25, -0.2) is 0 Å². The first-order chi connectivity index (χ1) is 8.28. The zero-order valence-electron chi connectivity index (χ0n) is 9.95. The van der Waals surface area contributed by atoms with Crippen molar-refractivity contribution in [3.8, 4) is 0 Å². The highest BCUT2D eigenvalue weighted by atomic mass is 35.5. The molecule has 2 aromatic heterocycles. The van der Waals surface area contributed by atoms with E-state index in [1.54, 1.807) is 11.3 Å². The van der Waals surface area contributed by atoms with Gasteiger partial charge >= 0.3 is 0 Å². The number of thiophene rings is 1. The van der Waals surface area contributed by atoms with Gasteiger partial charge in [-0.05, 0) is 30.2 Å². The standard InChI is InChI=1S/C13H17ClN2S/c1-2-6-16-7-5-11(10-16)8-15-9-12-3-4-13(14)17-12/h3-5,7,10,15H,2,6,8-9H2,1H3. The largest absolute Gasteiger partial charge is 0.354 e. The number of aryl methyl sites for hydroxylation is 1. The van der Waals surface area contributed by atoms with Crippen molar-refractivity contribution in [3.63, 3.8) is 0 Å². The highest BCUT2D eigenvalue weighted by Gasteiger charge is 1.99. The molecule has 0 amide bonds. The molecule has 1 N–H and O–H groups in total. The predicted octanol–water partition coefficient (Wildman–Crippen LogP) is 3.90. The lowest BCUT2D eigenvalue weighted by Gasteiger charge is -2.01. The summed E-state index contributed by atoms with van der Waals surface area (Å²) < 4.78 is 3.09. The van der Waals surface area contributed by atoms with E-state index in [0.29, 0.717) is 0 Å². The summed E-state index contributed by atoms with van der Waals surface area (Å²) in [7, 11) is 0. The summed E-state index contributed by atoms with van der Waals surface area (Å²) >= 11 is 7.52. The van der Waals surface area contributed by atoms with Gasteiger partial charge in [-0.1, -0.05) is 18.5 Å². The number of halogens is 1.